The highest BCUT2D eigenvalue weighted by Gasteiger charge is 2.36. The zero-order chi connectivity index (χ0) is 20.3. The highest BCUT2D eigenvalue weighted by molar-refractivity contribution is 6.00. The fourth-order valence-electron chi connectivity index (χ4n) is 3.12. The molecular formula is C20H18F4N2O2. The van der Waals surface area contributed by atoms with E-state index in [9.17, 15) is 27.2 Å². The Morgan fingerprint density at radius 2 is 1.79 bits per heavy atom. The van der Waals surface area contributed by atoms with Crippen molar-refractivity contribution in [2.75, 3.05) is 18.0 Å². The Labute approximate surface area is 159 Å². The van der Waals surface area contributed by atoms with Gasteiger partial charge in [-0.25, -0.2) is 4.39 Å². The fraction of sp³-hybridized carbons (Fsp3) is 0.300. The van der Waals surface area contributed by atoms with E-state index in [1.807, 2.05) is 0 Å². The first-order chi connectivity index (χ1) is 13.3. The second-order valence-corrected chi connectivity index (χ2v) is 6.59. The number of para-hydroxylation sites is 1. The number of hydrogen-bond donors (Lipinski definition) is 1. The number of carbonyl (C=O) groups excluding carboxylic acids is 2. The molecule has 148 valence electrons. The van der Waals surface area contributed by atoms with Gasteiger partial charge in [0, 0.05) is 19.5 Å². The molecule has 0 bridgehead atoms. The molecule has 8 heteroatoms. The molecule has 0 radical (unpaired) electrons. The van der Waals surface area contributed by atoms with Crippen LogP contribution in [-0.4, -0.2) is 24.9 Å². The van der Waals surface area contributed by atoms with Crippen molar-refractivity contribution < 1.29 is 27.2 Å². The van der Waals surface area contributed by atoms with Gasteiger partial charge >= 0.3 is 6.18 Å². The van der Waals surface area contributed by atoms with E-state index in [0.29, 0.717) is 12.0 Å². The van der Waals surface area contributed by atoms with E-state index in [1.54, 1.807) is 6.07 Å². The van der Waals surface area contributed by atoms with Gasteiger partial charge in [-0.15, -0.1) is 0 Å². The minimum Gasteiger partial charge on any atom is -0.355 e. The number of rotatable bonds is 5. The monoisotopic (exact) mass is 394 g/mol. The van der Waals surface area contributed by atoms with Gasteiger partial charge in [0.25, 0.3) is 0 Å². The minimum atomic E-state index is -4.38. The number of anilines is 1. The average Bonchev–Trinajstić information content (AvgIpc) is 3.03. The van der Waals surface area contributed by atoms with Crippen molar-refractivity contribution in [3.8, 4) is 0 Å². The Hall–Kier alpha value is -2.90. The van der Waals surface area contributed by atoms with Crippen molar-refractivity contribution in [3.63, 3.8) is 0 Å². The highest BCUT2D eigenvalue weighted by Crippen LogP contribution is 2.29. The summed E-state index contributed by atoms with van der Waals surface area (Å²) in [6.07, 6.45) is -4.03. The van der Waals surface area contributed by atoms with Crippen molar-refractivity contribution >= 4 is 17.5 Å². The third-order valence-electron chi connectivity index (χ3n) is 4.63. The molecule has 2 aromatic rings. The lowest BCUT2D eigenvalue weighted by molar-refractivity contribution is -0.137. The molecule has 1 atom stereocenters. The van der Waals surface area contributed by atoms with Crippen molar-refractivity contribution in [1.82, 2.24) is 5.32 Å². The molecule has 2 amide bonds. The zero-order valence-electron chi connectivity index (χ0n) is 14.8. The van der Waals surface area contributed by atoms with Crippen LogP contribution in [0, 0.1) is 11.7 Å². The third-order valence-corrected chi connectivity index (χ3v) is 4.63. The van der Waals surface area contributed by atoms with Gasteiger partial charge in [-0.05, 0) is 36.2 Å². The summed E-state index contributed by atoms with van der Waals surface area (Å²) in [5.74, 6) is -1.79. The number of nitrogens with zero attached hydrogens (tertiary/aromatic N) is 1. The molecule has 0 saturated carbocycles. The molecule has 0 spiro atoms. The molecule has 3 rings (SSSR count). The highest BCUT2D eigenvalue weighted by atomic mass is 19.4. The molecule has 1 saturated heterocycles. The van der Waals surface area contributed by atoms with Crippen LogP contribution in [0.5, 0.6) is 0 Å². The maximum atomic E-state index is 13.9. The second kappa shape index (κ2) is 8.00. The lowest BCUT2D eigenvalue weighted by Crippen LogP contribution is -2.34. The molecule has 2 aromatic carbocycles. The van der Waals surface area contributed by atoms with E-state index in [0.717, 1.165) is 12.1 Å². The van der Waals surface area contributed by atoms with Crippen molar-refractivity contribution in [2.45, 2.75) is 19.0 Å². The topological polar surface area (TPSA) is 49.4 Å². The van der Waals surface area contributed by atoms with E-state index in [4.69, 9.17) is 0 Å². The van der Waals surface area contributed by atoms with Crippen LogP contribution in [0.15, 0.2) is 48.5 Å². The molecule has 28 heavy (non-hydrogen) atoms. The molecular weight excluding hydrogens is 376 g/mol. The van der Waals surface area contributed by atoms with Crippen LogP contribution in [0.4, 0.5) is 23.2 Å². The molecule has 0 aliphatic carbocycles. The summed E-state index contributed by atoms with van der Waals surface area (Å²) in [6.45, 7) is 0.320. The smallest absolute Gasteiger partial charge is 0.355 e. The van der Waals surface area contributed by atoms with Gasteiger partial charge in [-0.1, -0.05) is 24.3 Å². The summed E-state index contributed by atoms with van der Waals surface area (Å²) in [5, 5.41) is 2.69. The molecule has 1 unspecified atom stereocenters. The van der Waals surface area contributed by atoms with E-state index < -0.39 is 23.5 Å². The fourth-order valence-corrected chi connectivity index (χ4v) is 3.12. The Balaban J connectivity index is 1.52. The predicted molar refractivity (Wildman–Crippen MR) is 95.0 cm³/mol. The van der Waals surface area contributed by atoms with Crippen LogP contribution in [0.25, 0.3) is 0 Å². The van der Waals surface area contributed by atoms with Crippen LogP contribution in [-0.2, 0) is 22.2 Å². The van der Waals surface area contributed by atoms with Crippen molar-refractivity contribution in [3.05, 3.63) is 65.5 Å². The zero-order valence-corrected chi connectivity index (χ0v) is 14.8. The number of alkyl halides is 3. The Morgan fingerprint density at radius 3 is 2.43 bits per heavy atom. The average molecular weight is 394 g/mol. The lowest BCUT2D eigenvalue weighted by atomic mass is 10.1. The van der Waals surface area contributed by atoms with Crippen LogP contribution in [0.1, 0.15) is 17.5 Å². The van der Waals surface area contributed by atoms with Crippen LogP contribution in [0.3, 0.4) is 0 Å². The molecule has 1 aliphatic rings. The molecule has 1 N–H and O–H groups in total. The van der Waals surface area contributed by atoms with Crippen molar-refractivity contribution in [2.24, 2.45) is 5.92 Å². The van der Waals surface area contributed by atoms with Gasteiger partial charge in [-0.2, -0.15) is 13.2 Å². The quantitative estimate of drug-likeness (QED) is 0.789. The first-order valence-electron chi connectivity index (χ1n) is 8.74. The van der Waals surface area contributed by atoms with Crippen LogP contribution < -0.4 is 10.2 Å². The Morgan fingerprint density at radius 1 is 1.11 bits per heavy atom. The predicted octanol–water partition coefficient (Wildman–Crippen LogP) is 3.56. The van der Waals surface area contributed by atoms with Gasteiger partial charge in [0.1, 0.15) is 5.82 Å². The van der Waals surface area contributed by atoms with Gasteiger partial charge in [0.15, 0.2) is 0 Å². The first kappa shape index (κ1) is 19.9. The Kier molecular flexibility index (Phi) is 5.67. The van der Waals surface area contributed by atoms with Gasteiger partial charge < -0.3 is 10.2 Å². The van der Waals surface area contributed by atoms with E-state index in [1.165, 1.54) is 35.2 Å². The summed E-state index contributed by atoms with van der Waals surface area (Å²) in [6, 6.07) is 10.6. The largest absolute Gasteiger partial charge is 0.416 e. The van der Waals surface area contributed by atoms with Crippen molar-refractivity contribution in [1.29, 1.82) is 0 Å². The first-order valence-corrected chi connectivity index (χ1v) is 8.74. The van der Waals surface area contributed by atoms with E-state index >= 15 is 0 Å². The van der Waals surface area contributed by atoms with E-state index in [-0.39, 0.29) is 37.0 Å². The minimum absolute atomic E-state index is 0.0134. The number of halogens is 4. The summed E-state index contributed by atoms with van der Waals surface area (Å²) in [4.78, 5) is 25.7. The number of hydrogen-bond acceptors (Lipinski definition) is 2. The summed E-state index contributed by atoms with van der Waals surface area (Å²) >= 11 is 0. The van der Waals surface area contributed by atoms with Crippen LogP contribution in [0.2, 0.25) is 0 Å². The second-order valence-electron chi connectivity index (χ2n) is 6.59. The number of amides is 2. The molecule has 1 fully saturated rings. The summed E-state index contributed by atoms with van der Waals surface area (Å²) in [5.41, 5.74) is 0.0781. The lowest BCUT2D eigenvalue weighted by Gasteiger charge is -2.17. The standard InChI is InChI=1S/C20H18F4N2O2/c21-16-3-1-2-4-17(16)26-12-14(11-18(26)27)19(28)25-10-9-13-5-7-15(8-6-13)20(22,23)24/h1-8,14H,9-12H2,(H,25,28). The molecule has 4 nitrogen and oxygen atoms in total. The van der Waals surface area contributed by atoms with Gasteiger partial charge in [0.05, 0.1) is 17.2 Å². The molecule has 1 heterocycles. The SMILES string of the molecule is O=C(NCCc1ccc(C(F)(F)F)cc1)C1CC(=O)N(c2ccccc2F)C1. The molecule has 0 aromatic heterocycles. The summed E-state index contributed by atoms with van der Waals surface area (Å²) < 4.78 is 51.5. The number of nitrogens with one attached hydrogen (secondary N) is 1. The number of carbonyl (C=O) groups is 2. The van der Waals surface area contributed by atoms with E-state index in [2.05, 4.69) is 5.32 Å². The normalized spacial score (nSPS) is 17.1. The maximum Gasteiger partial charge on any atom is 0.416 e. The van der Waals surface area contributed by atoms with Crippen LogP contribution >= 0.6 is 0 Å². The van der Waals surface area contributed by atoms with Gasteiger partial charge in [0.2, 0.25) is 11.8 Å². The summed E-state index contributed by atoms with van der Waals surface area (Å²) in [7, 11) is 0. The third kappa shape index (κ3) is 4.49. The molecule has 1 aliphatic heterocycles. The Bertz CT molecular complexity index is 865. The number of benzene rings is 2. The van der Waals surface area contributed by atoms with Gasteiger partial charge in [-0.3, -0.25) is 9.59 Å². The maximum absolute atomic E-state index is 13.9.